The molecular formula is C16H26N2. The Balaban J connectivity index is 2.13. The van der Waals surface area contributed by atoms with Crippen LogP contribution in [0, 0.1) is 12.8 Å². The molecule has 1 fully saturated rings. The minimum atomic E-state index is 0.616. The molecule has 0 aromatic heterocycles. The minimum Gasteiger partial charge on any atom is -0.369 e. The van der Waals surface area contributed by atoms with E-state index >= 15 is 0 Å². The zero-order valence-corrected chi connectivity index (χ0v) is 12.2. The number of aryl methyl sites for hydroxylation is 2. The number of hydrogen-bond acceptors (Lipinski definition) is 2. The van der Waals surface area contributed by atoms with E-state index in [2.05, 4.69) is 56.1 Å². The molecule has 0 bridgehead atoms. The smallest absolute Gasteiger partial charge is 0.0370 e. The first-order valence-electron chi connectivity index (χ1n) is 7.19. The number of benzene rings is 1. The highest BCUT2D eigenvalue weighted by Crippen LogP contribution is 2.22. The summed E-state index contributed by atoms with van der Waals surface area (Å²) in [4.78, 5) is 2.52. The van der Waals surface area contributed by atoms with Crippen LogP contribution in [0.3, 0.4) is 0 Å². The molecule has 0 radical (unpaired) electrons. The van der Waals surface area contributed by atoms with Crippen molar-refractivity contribution in [1.82, 2.24) is 5.32 Å². The lowest BCUT2D eigenvalue weighted by molar-refractivity contribution is 0.368. The number of rotatable bonds is 3. The van der Waals surface area contributed by atoms with Crippen LogP contribution in [0.25, 0.3) is 0 Å². The topological polar surface area (TPSA) is 15.3 Å². The minimum absolute atomic E-state index is 0.616. The van der Waals surface area contributed by atoms with Gasteiger partial charge in [0.15, 0.2) is 0 Å². The van der Waals surface area contributed by atoms with Gasteiger partial charge in [0.1, 0.15) is 0 Å². The SMILES string of the molecule is CCc1ccc(N2CCNC(C(C)C)C2)cc1C. The lowest BCUT2D eigenvalue weighted by atomic mass is 10.0. The van der Waals surface area contributed by atoms with Crippen LogP contribution in [-0.4, -0.2) is 25.7 Å². The van der Waals surface area contributed by atoms with Gasteiger partial charge < -0.3 is 10.2 Å². The molecular weight excluding hydrogens is 220 g/mol. The Labute approximate surface area is 111 Å². The van der Waals surface area contributed by atoms with Crippen LogP contribution in [0.15, 0.2) is 18.2 Å². The van der Waals surface area contributed by atoms with Gasteiger partial charge in [0, 0.05) is 31.4 Å². The first-order chi connectivity index (χ1) is 8.61. The van der Waals surface area contributed by atoms with Crippen molar-refractivity contribution in [2.45, 2.75) is 40.2 Å². The Hall–Kier alpha value is -1.02. The van der Waals surface area contributed by atoms with Gasteiger partial charge in [-0.05, 0) is 42.5 Å². The van der Waals surface area contributed by atoms with Crippen LogP contribution in [0.4, 0.5) is 5.69 Å². The van der Waals surface area contributed by atoms with Gasteiger partial charge in [-0.3, -0.25) is 0 Å². The normalized spacial score (nSPS) is 20.5. The molecule has 1 atom stereocenters. The van der Waals surface area contributed by atoms with Gasteiger partial charge in [-0.25, -0.2) is 0 Å². The van der Waals surface area contributed by atoms with Crippen LogP contribution in [0.1, 0.15) is 31.9 Å². The van der Waals surface area contributed by atoms with E-state index in [1.807, 2.05) is 0 Å². The van der Waals surface area contributed by atoms with Crippen LogP contribution in [-0.2, 0) is 6.42 Å². The second kappa shape index (κ2) is 5.75. The van der Waals surface area contributed by atoms with E-state index in [9.17, 15) is 0 Å². The molecule has 0 saturated carbocycles. The lowest BCUT2D eigenvalue weighted by Gasteiger charge is -2.37. The molecule has 0 spiro atoms. The van der Waals surface area contributed by atoms with E-state index in [1.54, 1.807) is 0 Å². The third-order valence-electron chi connectivity index (χ3n) is 4.08. The molecule has 1 heterocycles. The molecule has 1 aliphatic rings. The van der Waals surface area contributed by atoms with E-state index in [0.717, 1.165) is 26.1 Å². The van der Waals surface area contributed by atoms with Crippen molar-refractivity contribution in [2.24, 2.45) is 5.92 Å². The summed E-state index contributed by atoms with van der Waals surface area (Å²) in [5, 5.41) is 3.61. The highest BCUT2D eigenvalue weighted by Gasteiger charge is 2.21. The lowest BCUT2D eigenvalue weighted by Crippen LogP contribution is -2.53. The summed E-state index contributed by atoms with van der Waals surface area (Å²) in [5.74, 6) is 0.698. The summed E-state index contributed by atoms with van der Waals surface area (Å²) < 4.78 is 0. The zero-order chi connectivity index (χ0) is 13.1. The van der Waals surface area contributed by atoms with Crippen molar-refractivity contribution in [1.29, 1.82) is 0 Å². The standard InChI is InChI=1S/C16H26N2/c1-5-14-6-7-15(10-13(14)4)18-9-8-17-16(11-18)12(2)3/h6-7,10,12,16-17H,5,8-9,11H2,1-4H3. The number of hydrogen-bond donors (Lipinski definition) is 1. The molecule has 1 saturated heterocycles. The van der Waals surface area contributed by atoms with E-state index in [1.165, 1.54) is 16.8 Å². The van der Waals surface area contributed by atoms with Crippen molar-refractivity contribution < 1.29 is 0 Å². The summed E-state index contributed by atoms with van der Waals surface area (Å²) in [6.07, 6.45) is 1.13. The third-order valence-corrected chi connectivity index (χ3v) is 4.08. The van der Waals surface area contributed by atoms with Gasteiger partial charge in [-0.2, -0.15) is 0 Å². The summed E-state index contributed by atoms with van der Waals surface area (Å²) in [6, 6.07) is 7.54. The largest absolute Gasteiger partial charge is 0.369 e. The highest BCUT2D eigenvalue weighted by atomic mass is 15.2. The number of piperazine rings is 1. The molecule has 0 aliphatic carbocycles. The quantitative estimate of drug-likeness (QED) is 0.882. The van der Waals surface area contributed by atoms with Crippen LogP contribution < -0.4 is 10.2 Å². The average molecular weight is 246 g/mol. The van der Waals surface area contributed by atoms with Crippen molar-refractivity contribution in [2.75, 3.05) is 24.5 Å². The first kappa shape index (κ1) is 13.4. The predicted octanol–water partition coefficient (Wildman–Crippen LogP) is 2.99. The Kier molecular flexibility index (Phi) is 4.28. The first-order valence-corrected chi connectivity index (χ1v) is 7.19. The van der Waals surface area contributed by atoms with E-state index < -0.39 is 0 Å². The second-order valence-electron chi connectivity index (χ2n) is 5.71. The summed E-state index contributed by atoms with van der Waals surface area (Å²) in [5.41, 5.74) is 4.28. The fourth-order valence-corrected chi connectivity index (χ4v) is 2.73. The van der Waals surface area contributed by atoms with Crippen molar-refractivity contribution in [3.8, 4) is 0 Å². The molecule has 2 heteroatoms. The van der Waals surface area contributed by atoms with Gasteiger partial charge in [0.05, 0.1) is 0 Å². The van der Waals surface area contributed by atoms with Crippen molar-refractivity contribution >= 4 is 5.69 Å². The van der Waals surface area contributed by atoms with Gasteiger partial charge >= 0.3 is 0 Å². The van der Waals surface area contributed by atoms with E-state index in [0.29, 0.717) is 12.0 Å². The van der Waals surface area contributed by atoms with E-state index in [4.69, 9.17) is 0 Å². The van der Waals surface area contributed by atoms with Crippen LogP contribution in [0.5, 0.6) is 0 Å². The molecule has 0 amide bonds. The van der Waals surface area contributed by atoms with Crippen LogP contribution in [0.2, 0.25) is 0 Å². The monoisotopic (exact) mass is 246 g/mol. The maximum absolute atomic E-state index is 3.61. The van der Waals surface area contributed by atoms with Crippen molar-refractivity contribution in [3.05, 3.63) is 29.3 Å². The molecule has 2 rings (SSSR count). The molecule has 1 aromatic carbocycles. The third kappa shape index (κ3) is 2.86. The Morgan fingerprint density at radius 1 is 1.39 bits per heavy atom. The van der Waals surface area contributed by atoms with Gasteiger partial charge in [-0.15, -0.1) is 0 Å². The van der Waals surface area contributed by atoms with Gasteiger partial charge in [-0.1, -0.05) is 26.8 Å². The maximum atomic E-state index is 3.61. The molecule has 18 heavy (non-hydrogen) atoms. The number of anilines is 1. The maximum Gasteiger partial charge on any atom is 0.0370 e. The van der Waals surface area contributed by atoms with E-state index in [-0.39, 0.29) is 0 Å². The van der Waals surface area contributed by atoms with Crippen LogP contribution >= 0.6 is 0 Å². The molecule has 1 N–H and O–H groups in total. The summed E-state index contributed by atoms with van der Waals surface area (Å²) >= 11 is 0. The fourth-order valence-electron chi connectivity index (χ4n) is 2.73. The zero-order valence-electron chi connectivity index (χ0n) is 12.2. The highest BCUT2D eigenvalue weighted by molar-refractivity contribution is 5.51. The molecule has 1 aliphatic heterocycles. The summed E-state index contributed by atoms with van der Waals surface area (Å²) in [6.45, 7) is 12.4. The summed E-state index contributed by atoms with van der Waals surface area (Å²) in [7, 11) is 0. The molecule has 1 aromatic rings. The Bertz CT molecular complexity index is 398. The number of nitrogens with zero attached hydrogens (tertiary/aromatic N) is 1. The number of nitrogens with one attached hydrogen (secondary N) is 1. The Morgan fingerprint density at radius 3 is 2.78 bits per heavy atom. The van der Waals surface area contributed by atoms with Gasteiger partial charge in [0.2, 0.25) is 0 Å². The van der Waals surface area contributed by atoms with Gasteiger partial charge in [0.25, 0.3) is 0 Å². The second-order valence-corrected chi connectivity index (χ2v) is 5.71. The fraction of sp³-hybridized carbons (Fsp3) is 0.625. The average Bonchev–Trinajstić information content (AvgIpc) is 2.38. The molecule has 1 unspecified atom stereocenters. The molecule has 100 valence electrons. The predicted molar refractivity (Wildman–Crippen MR) is 79.4 cm³/mol. The van der Waals surface area contributed by atoms with Crippen molar-refractivity contribution in [3.63, 3.8) is 0 Å². The molecule has 2 nitrogen and oxygen atoms in total. The Morgan fingerprint density at radius 2 is 2.17 bits per heavy atom.